The molecule has 1 heterocycles. The molecule has 0 saturated heterocycles. The fourth-order valence-corrected chi connectivity index (χ4v) is 2.24. The van der Waals surface area contributed by atoms with E-state index in [1.54, 1.807) is 42.6 Å². The number of ether oxygens (including phenoxy) is 1. The number of aromatic nitrogens is 1. The maximum Gasteiger partial charge on any atom is 0.287 e. The molecule has 0 spiro atoms. The number of rotatable bonds is 7. The predicted molar refractivity (Wildman–Crippen MR) is 101 cm³/mol. The highest BCUT2D eigenvalue weighted by molar-refractivity contribution is 5.79. The minimum atomic E-state index is -0.522. The molecule has 0 aliphatic heterocycles. The topological polar surface area (TPSA) is 111 Å². The van der Waals surface area contributed by atoms with Crippen molar-refractivity contribution in [1.82, 2.24) is 4.98 Å². The van der Waals surface area contributed by atoms with Gasteiger partial charge in [-0.1, -0.05) is 23.4 Å². The molecule has 2 aromatic carbocycles. The zero-order valence-corrected chi connectivity index (χ0v) is 14.6. The van der Waals surface area contributed by atoms with Crippen LogP contribution in [0.2, 0.25) is 0 Å². The number of oxime groups is 1. The van der Waals surface area contributed by atoms with Gasteiger partial charge in [-0.05, 0) is 35.9 Å². The molecule has 0 radical (unpaired) electrons. The molecule has 0 fully saturated rings. The smallest absolute Gasteiger partial charge is 0.287 e. The Morgan fingerprint density at radius 2 is 1.93 bits per heavy atom. The molecule has 3 rings (SSSR count). The second kappa shape index (κ2) is 8.91. The molecule has 8 nitrogen and oxygen atoms in total. The summed E-state index contributed by atoms with van der Waals surface area (Å²) in [6, 6.07) is 19.0. The van der Waals surface area contributed by atoms with Crippen LogP contribution < -0.4 is 4.74 Å². The summed E-state index contributed by atoms with van der Waals surface area (Å²) in [7, 11) is 0. The third-order valence-electron chi connectivity index (χ3n) is 3.67. The van der Waals surface area contributed by atoms with Crippen molar-refractivity contribution in [2.75, 3.05) is 0 Å². The highest BCUT2D eigenvalue weighted by Crippen LogP contribution is 2.21. The van der Waals surface area contributed by atoms with Gasteiger partial charge in [-0.2, -0.15) is 5.26 Å². The summed E-state index contributed by atoms with van der Waals surface area (Å²) in [4.78, 5) is 19.2. The summed E-state index contributed by atoms with van der Waals surface area (Å²) < 4.78 is 5.54. The highest BCUT2D eigenvalue weighted by atomic mass is 16.6. The van der Waals surface area contributed by atoms with E-state index in [1.807, 2.05) is 12.1 Å². The molecule has 3 aromatic rings. The van der Waals surface area contributed by atoms with Crippen molar-refractivity contribution in [3.05, 3.63) is 93.7 Å². The zero-order chi connectivity index (χ0) is 19.8. The van der Waals surface area contributed by atoms with Crippen LogP contribution in [-0.2, 0) is 11.4 Å². The van der Waals surface area contributed by atoms with E-state index in [-0.39, 0.29) is 18.2 Å². The van der Waals surface area contributed by atoms with Crippen LogP contribution in [0.4, 0.5) is 5.69 Å². The molecule has 0 amide bonds. The summed E-state index contributed by atoms with van der Waals surface area (Å²) in [6.45, 7) is 0.202. The number of hydrogen-bond acceptors (Lipinski definition) is 7. The zero-order valence-electron chi connectivity index (χ0n) is 14.6. The Hall–Kier alpha value is -4.25. The van der Waals surface area contributed by atoms with Gasteiger partial charge in [0, 0.05) is 17.7 Å². The van der Waals surface area contributed by atoms with Crippen LogP contribution in [-0.4, -0.2) is 16.1 Å². The number of benzene rings is 2. The molecule has 0 saturated carbocycles. The normalized spacial score (nSPS) is 10.4. The number of nitro groups is 1. The van der Waals surface area contributed by atoms with Crippen molar-refractivity contribution >= 4 is 11.9 Å². The molecule has 28 heavy (non-hydrogen) atoms. The van der Waals surface area contributed by atoms with E-state index in [2.05, 4.69) is 16.2 Å². The molecule has 138 valence electrons. The van der Waals surface area contributed by atoms with Crippen LogP contribution in [0.15, 0.2) is 72.0 Å². The summed E-state index contributed by atoms with van der Waals surface area (Å²) >= 11 is 0. The van der Waals surface area contributed by atoms with Gasteiger partial charge < -0.3 is 9.57 Å². The Morgan fingerprint density at radius 3 is 2.61 bits per heavy atom. The Kier molecular flexibility index (Phi) is 5.90. The first-order chi connectivity index (χ1) is 13.7. The molecule has 0 unspecified atom stereocenters. The van der Waals surface area contributed by atoms with E-state index < -0.39 is 4.92 Å². The van der Waals surface area contributed by atoms with Gasteiger partial charge in [-0.15, -0.1) is 0 Å². The van der Waals surface area contributed by atoms with Crippen LogP contribution in [0, 0.1) is 21.4 Å². The molecule has 0 N–H and O–H groups in total. The molecule has 1 aromatic heterocycles. The predicted octanol–water partition coefficient (Wildman–Crippen LogP) is 4.20. The van der Waals surface area contributed by atoms with Crippen molar-refractivity contribution in [2.45, 2.75) is 6.61 Å². The molecule has 0 bridgehead atoms. The molecule has 8 heteroatoms. The van der Waals surface area contributed by atoms with E-state index >= 15 is 0 Å². The van der Waals surface area contributed by atoms with Gasteiger partial charge in [0.15, 0.2) is 0 Å². The standard InChI is InChI=1S/C20H14N4O4/c21-11-16-3-1-2-4-17(16)14-27-23-12-15-5-8-19(9-6-15)28-20-10-7-18(13-22-20)24(25)26/h1-10,12-13H,14H2/b23-12-. The van der Waals surface area contributed by atoms with Crippen LogP contribution in [0.1, 0.15) is 16.7 Å². The maximum absolute atomic E-state index is 10.6. The van der Waals surface area contributed by atoms with Crippen molar-refractivity contribution in [1.29, 1.82) is 5.26 Å². The first kappa shape index (κ1) is 18.5. The van der Waals surface area contributed by atoms with Crippen LogP contribution in [0.3, 0.4) is 0 Å². The number of nitrogens with zero attached hydrogens (tertiary/aromatic N) is 4. The van der Waals surface area contributed by atoms with E-state index in [9.17, 15) is 10.1 Å². The minimum Gasteiger partial charge on any atom is -0.439 e. The van der Waals surface area contributed by atoms with E-state index in [1.165, 1.54) is 12.1 Å². The van der Waals surface area contributed by atoms with E-state index in [0.717, 1.165) is 17.3 Å². The largest absolute Gasteiger partial charge is 0.439 e. The van der Waals surface area contributed by atoms with Gasteiger partial charge in [-0.25, -0.2) is 4.98 Å². The molecular formula is C20H14N4O4. The van der Waals surface area contributed by atoms with Gasteiger partial charge in [0.1, 0.15) is 18.6 Å². The average molecular weight is 374 g/mol. The summed E-state index contributed by atoms with van der Waals surface area (Å²) in [5, 5.41) is 23.5. The van der Waals surface area contributed by atoms with Gasteiger partial charge in [0.2, 0.25) is 5.88 Å². The molecular weight excluding hydrogens is 360 g/mol. The van der Waals surface area contributed by atoms with Crippen LogP contribution in [0.25, 0.3) is 0 Å². The third kappa shape index (κ3) is 4.89. The number of nitriles is 1. The third-order valence-corrected chi connectivity index (χ3v) is 3.67. The second-order valence-electron chi connectivity index (χ2n) is 5.56. The minimum absolute atomic E-state index is 0.101. The van der Waals surface area contributed by atoms with Crippen molar-refractivity contribution in [2.24, 2.45) is 5.16 Å². The van der Waals surface area contributed by atoms with Gasteiger partial charge in [0.05, 0.1) is 22.8 Å². The molecule has 0 aliphatic rings. The number of hydrogen-bond donors (Lipinski definition) is 0. The van der Waals surface area contributed by atoms with Crippen molar-refractivity contribution in [3.63, 3.8) is 0 Å². The quantitative estimate of drug-likeness (QED) is 0.348. The Bertz CT molecular complexity index is 1030. The van der Waals surface area contributed by atoms with Crippen LogP contribution in [0.5, 0.6) is 11.6 Å². The fraction of sp³-hybridized carbons (Fsp3) is 0.0500. The summed E-state index contributed by atoms with van der Waals surface area (Å²) in [5.41, 5.74) is 2.01. The maximum atomic E-state index is 10.6. The lowest BCUT2D eigenvalue weighted by Crippen LogP contribution is -1.93. The average Bonchev–Trinajstić information content (AvgIpc) is 2.73. The lowest BCUT2D eigenvalue weighted by atomic mass is 10.1. The highest BCUT2D eigenvalue weighted by Gasteiger charge is 2.06. The van der Waals surface area contributed by atoms with E-state index in [4.69, 9.17) is 14.8 Å². The van der Waals surface area contributed by atoms with Crippen molar-refractivity contribution < 1.29 is 14.5 Å². The lowest BCUT2D eigenvalue weighted by Gasteiger charge is -2.04. The Morgan fingerprint density at radius 1 is 1.14 bits per heavy atom. The van der Waals surface area contributed by atoms with E-state index in [0.29, 0.717) is 11.3 Å². The van der Waals surface area contributed by atoms with Gasteiger partial charge >= 0.3 is 0 Å². The first-order valence-electron chi connectivity index (χ1n) is 8.17. The van der Waals surface area contributed by atoms with Gasteiger partial charge in [-0.3, -0.25) is 10.1 Å². The Labute approximate surface area is 160 Å². The summed E-state index contributed by atoms with van der Waals surface area (Å²) in [5.74, 6) is 0.786. The lowest BCUT2D eigenvalue weighted by molar-refractivity contribution is -0.385. The SMILES string of the molecule is N#Cc1ccccc1CO/N=C\c1ccc(Oc2ccc([N+](=O)[O-])cn2)cc1. The second-order valence-corrected chi connectivity index (χ2v) is 5.56. The fourth-order valence-electron chi connectivity index (χ4n) is 2.24. The number of pyridine rings is 1. The Balaban J connectivity index is 1.54. The summed E-state index contributed by atoms with van der Waals surface area (Å²) in [6.07, 6.45) is 2.68. The van der Waals surface area contributed by atoms with Crippen molar-refractivity contribution in [3.8, 4) is 17.7 Å². The monoisotopic (exact) mass is 374 g/mol. The molecule has 0 atom stereocenters. The van der Waals surface area contributed by atoms with Crippen LogP contribution >= 0.6 is 0 Å². The molecule has 0 aliphatic carbocycles. The first-order valence-corrected chi connectivity index (χ1v) is 8.17. The van der Waals surface area contributed by atoms with Gasteiger partial charge in [0.25, 0.3) is 5.69 Å².